The van der Waals surface area contributed by atoms with Crippen molar-refractivity contribution >= 4 is 11.0 Å². The van der Waals surface area contributed by atoms with Crippen LogP contribution in [0.2, 0.25) is 0 Å². The van der Waals surface area contributed by atoms with E-state index in [2.05, 4.69) is 21.0 Å². The largest absolute Gasteiger partial charge is 0.243 e. The Morgan fingerprint density at radius 1 is 1.44 bits per heavy atom. The number of rotatable bonds is 0. The zero-order valence-corrected chi connectivity index (χ0v) is 4.53. The quantitative estimate of drug-likeness (QED) is 0.519. The van der Waals surface area contributed by atoms with Gasteiger partial charge >= 0.3 is 0 Å². The van der Waals surface area contributed by atoms with E-state index in [0.717, 1.165) is 5.52 Å². The third-order valence-corrected chi connectivity index (χ3v) is 1.08. The lowest BCUT2D eigenvalue weighted by molar-refractivity contribution is 0.315. The van der Waals surface area contributed by atoms with Crippen LogP contribution in [0.5, 0.6) is 0 Å². The Morgan fingerprint density at radius 2 is 2.44 bits per heavy atom. The van der Waals surface area contributed by atoms with Gasteiger partial charge in [0, 0.05) is 6.07 Å². The van der Waals surface area contributed by atoms with Crippen molar-refractivity contribution in [3.8, 4) is 0 Å². The maximum Gasteiger partial charge on any atom is 0.143 e. The number of hydrogen-bond acceptors (Lipinski definition) is 3. The highest BCUT2D eigenvalue weighted by Crippen LogP contribution is 2.04. The molecule has 2 rings (SSSR count). The molecule has 1 aromatic heterocycles. The fourth-order valence-corrected chi connectivity index (χ4v) is 0.671. The Kier molecular flexibility index (Phi) is 0.773. The highest BCUT2D eigenvalue weighted by molar-refractivity contribution is 5.71. The first-order chi connectivity index (χ1) is 4.47. The van der Waals surface area contributed by atoms with Crippen LogP contribution in [-0.4, -0.2) is 10.3 Å². The summed E-state index contributed by atoms with van der Waals surface area (Å²) >= 11 is 0. The van der Waals surface area contributed by atoms with Crippen molar-refractivity contribution in [2.24, 2.45) is 0 Å². The standard InChI is InChI=1S/C6H3N2O/c1-2-4-6-5(3-1)7-9-8-6/h1-3H. The topological polar surface area (TPSA) is 38.9 Å². The molecule has 43 valence electrons. The van der Waals surface area contributed by atoms with Crippen molar-refractivity contribution in [1.82, 2.24) is 10.3 Å². The van der Waals surface area contributed by atoms with Crippen molar-refractivity contribution in [3.05, 3.63) is 24.3 Å². The van der Waals surface area contributed by atoms with Gasteiger partial charge in [-0.25, -0.2) is 4.63 Å². The van der Waals surface area contributed by atoms with Gasteiger partial charge in [0.25, 0.3) is 0 Å². The molecule has 1 radical (unpaired) electrons. The molecule has 9 heavy (non-hydrogen) atoms. The molecule has 0 saturated heterocycles. The van der Waals surface area contributed by atoms with E-state index in [0.29, 0.717) is 5.52 Å². The van der Waals surface area contributed by atoms with E-state index in [9.17, 15) is 0 Å². The van der Waals surface area contributed by atoms with Gasteiger partial charge in [-0.15, -0.1) is 0 Å². The van der Waals surface area contributed by atoms with E-state index in [1.807, 2.05) is 12.1 Å². The third kappa shape index (κ3) is 0.579. The Morgan fingerprint density at radius 3 is 3.33 bits per heavy atom. The van der Waals surface area contributed by atoms with Crippen molar-refractivity contribution < 1.29 is 4.63 Å². The molecule has 0 saturated carbocycles. The summed E-state index contributed by atoms with van der Waals surface area (Å²) in [6, 6.07) is 8.30. The Hall–Kier alpha value is -1.38. The second kappa shape index (κ2) is 1.55. The molecular weight excluding hydrogens is 116 g/mol. The Labute approximate surface area is 51.2 Å². The summed E-state index contributed by atoms with van der Waals surface area (Å²) in [5, 5.41) is 7.18. The van der Waals surface area contributed by atoms with Gasteiger partial charge < -0.3 is 0 Å². The Balaban J connectivity index is 2.95. The van der Waals surface area contributed by atoms with Crippen molar-refractivity contribution in [2.75, 3.05) is 0 Å². The fraction of sp³-hybridized carbons (Fsp3) is 0. The van der Waals surface area contributed by atoms with Crippen molar-refractivity contribution in [2.45, 2.75) is 0 Å². The van der Waals surface area contributed by atoms with Crippen LogP contribution in [0.1, 0.15) is 0 Å². The molecular formula is C6H3N2O. The first kappa shape index (κ1) is 4.49. The lowest BCUT2D eigenvalue weighted by atomic mass is 10.3. The molecule has 0 unspecified atom stereocenters. The summed E-state index contributed by atoms with van der Waals surface area (Å²) in [7, 11) is 0. The SMILES string of the molecule is [c]1cccc2nonc12. The van der Waals surface area contributed by atoms with Crippen LogP contribution in [0.4, 0.5) is 0 Å². The smallest absolute Gasteiger partial charge is 0.143 e. The van der Waals surface area contributed by atoms with Crippen LogP contribution in [-0.2, 0) is 0 Å². The van der Waals surface area contributed by atoms with Gasteiger partial charge in [-0.05, 0) is 16.4 Å². The molecule has 0 atom stereocenters. The van der Waals surface area contributed by atoms with Gasteiger partial charge in [0.1, 0.15) is 11.0 Å². The van der Waals surface area contributed by atoms with Crippen LogP contribution in [0.15, 0.2) is 22.8 Å². The van der Waals surface area contributed by atoms with Gasteiger partial charge in [-0.3, -0.25) is 0 Å². The van der Waals surface area contributed by atoms with Gasteiger partial charge in [0.2, 0.25) is 0 Å². The zero-order chi connectivity index (χ0) is 6.10. The minimum absolute atomic E-state index is 0.678. The van der Waals surface area contributed by atoms with E-state index >= 15 is 0 Å². The molecule has 0 fully saturated rings. The lowest BCUT2D eigenvalue weighted by Crippen LogP contribution is -1.64. The minimum atomic E-state index is 0.678. The lowest BCUT2D eigenvalue weighted by Gasteiger charge is -1.75. The summed E-state index contributed by atoms with van der Waals surface area (Å²) < 4.78 is 4.43. The fourth-order valence-electron chi connectivity index (χ4n) is 0.671. The van der Waals surface area contributed by atoms with Crippen LogP contribution in [0.3, 0.4) is 0 Å². The molecule has 0 aliphatic heterocycles. The first-order valence-corrected chi connectivity index (χ1v) is 2.56. The van der Waals surface area contributed by atoms with Crippen LogP contribution < -0.4 is 0 Å². The third-order valence-electron chi connectivity index (χ3n) is 1.08. The molecule has 3 nitrogen and oxygen atoms in total. The summed E-state index contributed by atoms with van der Waals surface area (Å²) in [6.07, 6.45) is 0. The van der Waals surface area contributed by atoms with E-state index in [4.69, 9.17) is 0 Å². The van der Waals surface area contributed by atoms with E-state index in [1.165, 1.54) is 0 Å². The number of fused-ring (bicyclic) bond motifs is 1. The minimum Gasteiger partial charge on any atom is -0.243 e. The van der Waals surface area contributed by atoms with Crippen molar-refractivity contribution in [3.63, 3.8) is 0 Å². The normalized spacial score (nSPS) is 10.2. The molecule has 0 spiro atoms. The monoisotopic (exact) mass is 119 g/mol. The van der Waals surface area contributed by atoms with Gasteiger partial charge in [0.05, 0.1) is 0 Å². The average molecular weight is 119 g/mol. The highest BCUT2D eigenvalue weighted by atomic mass is 16.6. The zero-order valence-electron chi connectivity index (χ0n) is 4.53. The van der Waals surface area contributed by atoms with Gasteiger partial charge in [-0.1, -0.05) is 12.1 Å². The first-order valence-electron chi connectivity index (χ1n) is 2.56. The van der Waals surface area contributed by atoms with Crippen molar-refractivity contribution in [1.29, 1.82) is 0 Å². The number of benzene rings is 1. The number of nitrogens with zero attached hydrogens (tertiary/aromatic N) is 2. The predicted molar refractivity (Wildman–Crippen MR) is 30.6 cm³/mol. The second-order valence-corrected chi connectivity index (χ2v) is 1.67. The molecule has 0 aliphatic carbocycles. The van der Waals surface area contributed by atoms with Gasteiger partial charge in [-0.2, -0.15) is 0 Å². The highest BCUT2D eigenvalue weighted by Gasteiger charge is 1.94. The molecule has 1 heterocycles. The summed E-state index contributed by atoms with van der Waals surface area (Å²) in [5.41, 5.74) is 1.43. The van der Waals surface area contributed by atoms with E-state index in [-0.39, 0.29) is 0 Å². The molecule has 0 amide bonds. The van der Waals surface area contributed by atoms with E-state index < -0.39 is 0 Å². The predicted octanol–water partition coefficient (Wildman–Crippen LogP) is 1.02. The van der Waals surface area contributed by atoms with Crippen LogP contribution >= 0.6 is 0 Å². The maximum absolute atomic E-state index is 4.43. The molecule has 0 bridgehead atoms. The number of hydrogen-bond donors (Lipinski definition) is 0. The summed E-state index contributed by atoms with van der Waals surface area (Å²) in [5.74, 6) is 0. The Bertz CT molecular complexity index is 285. The number of aromatic nitrogens is 2. The molecule has 3 heteroatoms. The molecule has 1 aromatic carbocycles. The maximum atomic E-state index is 4.43. The van der Waals surface area contributed by atoms with Crippen LogP contribution in [0, 0.1) is 6.07 Å². The second-order valence-electron chi connectivity index (χ2n) is 1.67. The average Bonchev–Trinajstić information content (AvgIpc) is 2.33. The summed E-state index contributed by atoms with van der Waals surface area (Å²) in [6.45, 7) is 0. The molecule has 0 aliphatic rings. The van der Waals surface area contributed by atoms with E-state index in [1.54, 1.807) is 6.07 Å². The van der Waals surface area contributed by atoms with Crippen LogP contribution in [0.25, 0.3) is 11.0 Å². The molecule has 0 N–H and O–H groups in total. The summed E-state index contributed by atoms with van der Waals surface area (Å²) in [4.78, 5) is 0. The van der Waals surface area contributed by atoms with Gasteiger partial charge in [0.15, 0.2) is 0 Å². The molecule has 2 aromatic rings.